The lowest BCUT2D eigenvalue weighted by atomic mass is 10.0. The number of halogens is 5. The molecule has 1 fully saturated rings. The van der Waals surface area contributed by atoms with Crippen LogP contribution in [-0.4, -0.2) is 50.3 Å². The average Bonchev–Trinajstić information content (AvgIpc) is 3.16. The predicted molar refractivity (Wildman–Crippen MR) is 119 cm³/mol. The number of ether oxygens (including phenoxy) is 1. The number of likely N-dealkylation sites (N-methyl/N-ethyl adjacent to an activating group) is 1. The van der Waals surface area contributed by atoms with Gasteiger partial charge in [-0.25, -0.2) is 9.18 Å². The first-order chi connectivity index (χ1) is 16.3. The minimum atomic E-state index is -1.89. The monoisotopic (exact) mass is 481 g/mol. The highest BCUT2D eigenvalue weighted by Crippen LogP contribution is 2.29. The molecule has 1 atom stereocenters. The molecule has 0 saturated carbocycles. The summed E-state index contributed by atoms with van der Waals surface area (Å²) in [6.07, 6.45) is -3.31. The quantitative estimate of drug-likeness (QED) is 0.462. The zero-order valence-electron chi connectivity index (χ0n) is 18.4. The molecule has 2 aromatic carbocycles. The standard InChI is InChI=1S/C24H24F5N3O2/c1-30-13-19-15-32(24(33)34-19)18-6-7-20(21(25)12-18)17-4-2-16(3-5-17)14-31(10-8-22(26)27)11-9-23(28)29/h2-9,12,19,30H,10-11,13-15H2,1H3/t19-/m0/s1. The maximum atomic E-state index is 14.9. The van der Waals surface area contributed by atoms with Gasteiger partial charge in [0.05, 0.1) is 12.2 Å². The van der Waals surface area contributed by atoms with Gasteiger partial charge in [0, 0.05) is 31.7 Å². The van der Waals surface area contributed by atoms with Crippen LogP contribution in [0, 0.1) is 5.82 Å². The van der Waals surface area contributed by atoms with E-state index in [-0.39, 0.29) is 25.7 Å². The Morgan fingerprint density at radius 2 is 1.74 bits per heavy atom. The highest BCUT2D eigenvalue weighted by Gasteiger charge is 2.32. The van der Waals surface area contributed by atoms with Crippen molar-refractivity contribution in [3.63, 3.8) is 0 Å². The number of amides is 1. The van der Waals surface area contributed by atoms with Gasteiger partial charge in [-0.05, 0) is 48.5 Å². The van der Waals surface area contributed by atoms with Crippen LogP contribution in [0.1, 0.15) is 5.56 Å². The number of nitrogens with zero attached hydrogens (tertiary/aromatic N) is 2. The number of carbonyl (C=O) groups excluding carboxylic acids is 1. The van der Waals surface area contributed by atoms with Crippen molar-refractivity contribution in [2.45, 2.75) is 12.6 Å². The van der Waals surface area contributed by atoms with Crippen LogP contribution in [0.3, 0.4) is 0 Å². The summed E-state index contributed by atoms with van der Waals surface area (Å²) in [5.41, 5.74) is 1.96. The topological polar surface area (TPSA) is 44.8 Å². The Bertz CT molecular complexity index is 1030. The molecule has 1 amide bonds. The van der Waals surface area contributed by atoms with Crippen molar-refractivity contribution < 1.29 is 31.5 Å². The van der Waals surface area contributed by atoms with E-state index >= 15 is 0 Å². The van der Waals surface area contributed by atoms with Crippen molar-refractivity contribution in [2.24, 2.45) is 0 Å². The van der Waals surface area contributed by atoms with E-state index in [0.29, 0.717) is 47.6 Å². The molecule has 34 heavy (non-hydrogen) atoms. The number of hydrogen-bond donors (Lipinski definition) is 1. The molecule has 10 heteroatoms. The molecule has 0 radical (unpaired) electrons. The Hall–Kier alpha value is -3.24. The Morgan fingerprint density at radius 1 is 1.09 bits per heavy atom. The normalized spacial score (nSPS) is 15.4. The van der Waals surface area contributed by atoms with Crippen LogP contribution in [0.15, 0.2) is 66.8 Å². The van der Waals surface area contributed by atoms with Crippen LogP contribution in [0.4, 0.5) is 32.4 Å². The number of rotatable bonds is 10. The van der Waals surface area contributed by atoms with E-state index < -0.39 is 24.1 Å². The fraction of sp³-hybridized carbons (Fsp3) is 0.292. The number of carbonyl (C=O) groups is 1. The van der Waals surface area contributed by atoms with Crippen molar-refractivity contribution in [1.29, 1.82) is 0 Å². The molecular formula is C24H24F5N3O2. The molecule has 0 aliphatic carbocycles. The number of anilines is 1. The summed E-state index contributed by atoms with van der Waals surface area (Å²) < 4.78 is 69.8. The molecular weight excluding hydrogens is 457 g/mol. The van der Waals surface area contributed by atoms with Crippen LogP contribution in [0.25, 0.3) is 11.1 Å². The minimum Gasteiger partial charge on any atom is -0.443 e. The summed E-state index contributed by atoms with van der Waals surface area (Å²) in [5.74, 6) is -0.524. The van der Waals surface area contributed by atoms with Gasteiger partial charge in [0.1, 0.15) is 11.9 Å². The molecule has 1 aliphatic rings. The van der Waals surface area contributed by atoms with E-state index in [2.05, 4.69) is 5.32 Å². The van der Waals surface area contributed by atoms with Crippen molar-refractivity contribution in [1.82, 2.24) is 10.2 Å². The highest BCUT2D eigenvalue weighted by atomic mass is 19.3. The Balaban J connectivity index is 1.72. The number of cyclic esters (lactones) is 1. The zero-order chi connectivity index (χ0) is 24.7. The first kappa shape index (κ1) is 25.4. The summed E-state index contributed by atoms with van der Waals surface area (Å²) in [7, 11) is 1.75. The van der Waals surface area contributed by atoms with E-state index in [4.69, 9.17) is 4.74 Å². The minimum absolute atomic E-state index is 0.153. The molecule has 3 rings (SSSR count). The van der Waals surface area contributed by atoms with E-state index in [1.165, 1.54) is 15.9 Å². The van der Waals surface area contributed by atoms with E-state index in [1.54, 1.807) is 43.4 Å². The number of hydrogen-bond acceptors (Lipinski definition) is 4. The number of nitrogens with one attached hydrogen (secondary N) is 1. The first-order valence-electron chi connectivity index (χ1n) is 10.5. The van der Waals surface area contributed by atoms with Crippen LogP contribution >= 0.6 is 0 Å². The largest absolute Gasteiger partial charge is 0.443 e. The van der Waals surface area contributed by atoms with Gasteiger partial charge in [0.15, 0.2) is 0 Å². The fourth-order valence-corrected chi connectivity index (χ4v) is 3.62. The third kappa shape index (κ3) is 6.88. The predicted octanol–water partition coefficient (Wildman–Crippen LogP) is 5.40. The lowest BCUT2D eigenvalue weighted by Gasteiger charge is -2.19. The van der Waals surface area contributed by atoms with Crippen molar-refractivity contribution in [3.8, 4) is 11.1 Å². The molecule has 0 spiro atoms. The van der Waals surface area contributed by atoms with Gasteiger partial charge < -0.3 is 10.1 Å². The molecule has 1 aliphatic heterocycles. The molecule has 5 nitrogen and oxygen atoms in total. The Kier molecular flexibility index (Phi) is 8.78. The van der Waals surface area contributed by atoms with Crippen molar-refractivity contribution >= 4 is 11.8 Å². The van der Waals surface area contributed by atoms with E-state index in [0.717, 1.165) is 0 Å². The molecule has 1 N–H and O–H groups in total. The molecule has 182 valence electrons. The van der Waals surface area contributed by atoms with Gasteiger partial charge in [-0.3, -0.25) is 9.80 Å². The summed E-state index contributed by atoms with van der Waals surface area (Å²) in [6, 6.07) is 11.2. The van der Waals surface area contributed by atoms with Crippen molar-refractivity contribution in [3.05, 3.63) is 78.2 Å². The lowest BCUT2D eigenvalue weighted by Crippen LogP contribution is -2.29. The summed E-state index contributed by atoms with van der Waals surface area (Å²) in [6.45, 7) is 0.563. The molecule has 0 unspecified atom stereocenters. The van der Waals surface area contributed by atoms with Gasteiger partial charge in [-0.15, -0.1) is 0 Å². The third-order valence-electron chi connectivity index (χ3n) is 5.25. The van der Waals surface area contributed by atoms with Gasteiger partial charge >= 0.3 is 6.09 Å². The third-order valence-corrected chi connectivity index (χ3v) is 5.25. The van der Waals surface area contributed by atoms with Gasteiger partial charge in [0.25, 0.3) is 12.2 Å². The lowest BCUT2D eigenvalue weighted by molar-refractivity contribution is 0.141. The molecule has 1 saturated heterocycles. The van der Waals surface area contributed by atoms with Crippen molar-refractivity contribution in [2.75, 3.05) is 38.1 Å². The second-order valence-corrected chi connectivity index (χ2v) is 7.72. The van der Waals surface area contributed by atoms with Crippen LogP contribution < -0.4 is 10.2 Å². The SMILES string of the molecule is CNC[C@H]1CN(c2ccc(-c3ccc(CN(CC=C(F)F)CC=C(F)F)cc3)c(F)c2)C(=O)O1. The van der Waals surface area contributed by atoms with E-state index in [1.807, 2.05) is 0 Å². The molecule has 0 aromatic heterocycles. The second kappa shape index (κ2) is 11.8. The summed E-state index contributed by atoms with van der Waals surface area (Å²) in [4.78, 5) is 14.9. The van der Waals surface area contributed by atoms with E-state index in [9.17, 15) is 26.7 Å². The zero-order valence-corrected chi connectivity index (χ0v) is 18.4. The molecule has 1 heterocycles. The summed E-state index contributed by atoms with van der Waals surface area (Å²) in [5, 5.41) is 2.93. The van der Waals surface area contributed by atoms with Gasteiger partial charge in [-0.1, -0.05) is 24.3 Å². The molecule has 0 bridgehead atoms. The summed E-state index contributed by atoms with van der Waals surface area (Å²) >= 11 is 0. The smallest absolute Gasteiger partial charge is 0.414 e. The maximum absolute atomic E-state index is 14.9. The number of benzene rings is 2. The van der Waals surface area contributed by atoms with Crippen LogP contribution in [0.2, 0.25) is 0 Å². The van der Waals surface area contributed by atoms with Crippen LogP contribution in [-0.2, 0) is 11.3 Å². The maximum Gasteiger partial charge on any atom is 0.414 e. The Labute approximate surface area is 194 Å². The van der Waals surface area contributed by atoms with Gasteiger partial charge in [0.2, 0.25) is 0 Å². The van der Waals surface area contributed by atoms with Crippen LogP contribution in [0.5, 0.6) is 0 Å². The highest BCUT2D eigenvalue weighted by molar-refractivity contribution is 5.90. The average molecular weight is 481 g/mol. The molecule has 2 aromatic rings. The fourth-order valence-electron chi connectivity index (χ4n) is 3.62. The first-order valence-corrected chi connectivity index (χ1v) is 10.5. The second-order valence-electron chi connectivity index (χ2n) is 7.72. The van der Waals surface area contributed by atoms with Gasteiger partial charge in [-0.2, -0.15) is 17.6 Å². The Morgan fingerprint density at radius 3 is 2.29 bits per heavy atom.